The zero-order chi connectivity index (χ0) is 26.5. The van der Waals surface area contributed by atoms with Gasteiger partial charge in [0.1, 0.15) is 30.5 Å². The van der Waals surface area contributed by atoms with Crippen LogP contribution in [0.25, 0.3) is 16.0 Å². The van der Waals surface area contributed by atoms with Crippen molar-refractivity contribution in [3.63, 3.8) is 0 Å². The van der Waals surface area contributed by atoms with Crippen LogP contribution in [0.15, 0.2) is 54.6 Å². The largest absolute Gasteiger partial charge is 0.507 e. The lowest BCUT2D eigenvalue weighted by Crippen LogP contribution is -2.41. The van der Waals surface area contributed by atoms with E-state index in [2.05, 4.69) is 17.0 Å². The fraction of sp³-hybridized carbons (Fsp3) is 0.333. The summed E-state index contributed by atoms with van der Waals surface area (Å²) in [5, 5.41) is 10.2. The summed E-state index contributed by atoms with van der Waals surface area (Å²) in [7, 11) is 0. The van der Waals surface area contributed by atoms with Gasteiger partial charge >= 0.3 is 0 Å². The van der Waals surface area contributed by atoms with Crippen molar-refractivity contribution in [1.29, 1.82) is 0 Å². The highest BCUT2D eigenvalue weighted by atomic mass is 19.1. The Labute approximate surface area is 221 Å². The molecule has 0 atom stereocenters. The van der Waals surface area contributed by atoms with Crippen LogP contribution in [0.1, 0.15) is 24.8 Å². The number of aromatic hydroxyl groups is 1. The van der Waals surface area contributed by atoms with Crippen LogP contribution in [0.4, 0.5) is 10.1 Å². The molecule has 0 bridgehead atoms. The SMILES string of the molecule is [C-]#[N+]c1ccc(OCC(=O)N2CCC(CCc3ccc4c(c3)OCCO4)CC2)c(-c2ccc(F)cc2O)c1. The molecule has 8 heteroatoms. The van der Waals surface area contributed by atoms with Crippen molar-refractivity contribution in [3.8, 4) is 34.1 Å². The highest BCUT2D eigenvalue weighted by Gasteiger charge is 2.24. The Morgan fingerprint density at radius 3 is 2.58 bits per heavy atom. The number of phenols is 1. The normalized spacial score (nSPS) is 15.1. The summed E-state index contributed by atoms with van der Waals surface area (Å²) in [5.41, 5.74) is 2.34. The predicted molar refractivity (Wildman–Crippen MR) is 140 cm³/mol. The van der Waals surface area contributed by atoms with E-state index in [0.717, 1.165) is 43.2 Å². The molecule has 1 fully saturated rings. The second-order valence-corrected chi connectivity index (χ2v) is 9.58. The molecule has 5 rings (SSSR count). The second-order valence-electron chi connectivity index (χ2n) is 9.58. The first-order valence-electron chi connectivity index (χ1n) is 12.8. The number of piperidine rings is 1. The molecular weight excluding hydrogens is 487 g/mol. The maximum atomic E-state index is 13.5. The minimum absolute atomic E-state index is 0.112. The molecule has 3 aromatic rings. The average molecular weight is 517 g/mol. The molecule has 2 heterocycles. The maximum Gasteiger partial charge on any atom is 0.260 e. The molecular formula is C30H29FN2O5. The highest BCUT2D eigenvalue weighted by Crippen LogP contribution is 2.39. The minimum atomic E-state index is -0.570. The summed E-state index contributed by atoms with van der Waals surface area (Å²) in [6, 6.07) is 14.5. The van der Waals surface area contributed by atoms with Crippen molar-refractivity contribution in [2.24, 2.45) is 5.92 Å². The molecule has 0 unspecified atom stereocenters. The number of phenolic OH excluding ortho intramolecular Hbond substituents is 1. The van der Waals surface area contributed by atoms with E-state index in [1.807, 2.05) is 11.0 Å². The van der Waals surface area contributed by atoms with E-state index in [-0.39, 0.29) is 18.3 Å². The van der Waals surface area contributed by atoms with Crippen molar-refractivity contribution >= 4 is 11.6 Å². The molecule has 2 aliphatic heterocycles. The number of ether oxygens (including phenoxy) is 3. The van der Waals surface area contributed by atoms with Crippen LogP contribution in [-0.2, 0) is 11.2 Å². The topological polar surface area (TPSA) is 72.6 Å². The van der Waals surface area contributed by atoms with Crippen LogP contribution in [0, 0.1) is 18.3 Å². The van der Waals surface area contributed by atoms with Crippen molar-refractivity contribution in [2.45, 2.75) is 25.7 Å². The zero-order valence-electron chi connectivity index (χ0n) is 21.0. The Kier molecular flexibility index (Phi) is 7.64. The predicted octanol–water partition coefficient (Wildman–Crippen LogP) is 5.77. The lowest BCUT2D eigenvalue weighted by atomic mass is 9.90. The van der Waals surface area contributed by atoms with Gasteiger partial charge in [-0.1, -0.05) is 12.1 Å². The number of nitrogens with zero attached hydrogens (tertiary/aromatic N) is 2. The van der Waals surface area contributed by atoms with Crippen LogP contribution in [0.2, 0.25) is 0 Å². The van der Waals surface area contributed by atoms with Gasteiger partial charge in [-0.05, 0) is 73.6 Å². The lowest BCUT2D eigenvalue weighted by Gasteiger charge is -2.32. The fourth-order valence-electron chi connectivity index (χ4n) is 4.97. The van der Waals surface area contributed by atoms with Gasteiger partial charge in [-0.3, -0.25) is 4.79 Å². The maximum absolute atomic E-state index is 13.5. The minimum Gasteiger partial charge on any atom is -0.507 e. The summed E-state index contributed by atoms with van der Waals surface area (Å²) in [5.74, 6) is 1.57. The van der Waals surface area contributed by atoms with Crippen LogP contribution in [0.5, 0.6) is 23.0 Å². The van der Waals surface area contributed by atoms with Gasteiger partial charge in [-0.2, -0.15) is 0 Å². The number of benzene rings is 3. The number of carbonyl (C=O) groups excluding carboxylic acids is 1. The van der Waals surface area contributed by atoms with Crippen molar-refractivity contribution in [1.82, 2.24) is 4.90 Å². The first kappa shape index (κ1) is 25.4. The Morgan fingerprint density at radius 2 is 1.82 bits per heavy atom. The Balaban J connectivity index is 1.14. The fourth-order valence-corrected chi connectivity index (χ4v) is 4.97. The number of hydrogen-bond donors (Lipinski definition) is 1. The van der Waals surface area contributed by atoms with Gasteiger partial charge in [0.2, 0.25) is 0 Å². The molecule has 38 heavy (non-hydrogen) atoms. The Hall–Kier alpha value is -4.25. The van der Waals surface area contributed by atoms with E-state index in [1.54, 1.807) is 18.2 Å². The first-order valence-corrected chi connectivity index (χ1v) is 12.8. The number of aryl methyl sites for hydroxylation is 1. The van der Waals surface area contributed by atoms with Gasteiger partial charge in [0.15, 0.2) is 23.8 Å². The van der Waals surface area contributed by atoms with Crippen molar-refractivity contribution < 1.29 is 28.5 Å². The molecule has 0 aliphatic carbocycles. The van der Waals surface area contributed by atoms with Crippen LogP contribution in [0.3, 0.4) is 0 Å². The second kappa shape index (κ2) is 11.4. The van der Waals surface area contributed by atoms with E-state index in [1.165, 1.54) is 17.7 Å². The molecule has 0 saturated carbocycles. The number of amides is 1. The Bertz CT molecular complexity index is 1360. The number of likely N-dealkylation sites (tertiary alicyclic amines) is 1. The molecule has 196 valence electrons. The van der Waals surface area contributed by atoms with Gasteiger partial charge in [-0.15, -0.1) is 0 Å². The quantitative estimate of drug-likeness (QED) is 0.404. The summed E-state index contributed by atoms with van der Waals surface area (Å²) in [4.78, 5) is 18.2. The first-order chi connectivity index (χ1) is 18.5. The number of fused-ring (bicyclic) bond motifs is 1. The number of halogens is 1. The number of rotatable bonds is 7. The average Bonchev–Trinajstić information content (AvgIpc) is 2.95. The van der Waals surface area contributed by atoms with Gasteiger partial charge < -0.3 is 24.2 Å². The third-order valence-corrected chi connectivity index (χ3v) is 7.11. The van der Waals surface area contributed by atoms with Crippen molar-refractivity contribution in [2.75, 3.05) is 32.9 Å². The van der Waals surface area contributed by atoms with Gasteiger partial charge in [-0.25, -0.2) is 9.24 Å². The standard InChI is InChI=1S/C30H29FN2O5/c1-32-23-6-9-27(25(18-23)24-7-5-22(31)17-26(24)34)38-19-30(35)33-12-10-20(11-13-33)2-3-21-4-8-28-29(16-21)37-15-14-36-28/h4-9,16-18,20,34H,2-3,10-15,19H2. The third-order valence-electron chi connectivity index (χ3n) is 7.11. The summed E-state index contributed by atoms with van der Waals surface area (Å²) < 4.78 is 30.6. The van der Waals surface area contributed by atoms with Gasteiger partial charge in [0, 0.05) is 30.3 Å². The molecule has 0 spiro atoms. The van der Waals surface area contributed by atoms with E-state index >= 15 is 0 Å². The zero-order valence-corrected chi connectivity index (χ0v) is 21.0. The molecule has 2 aliphatic rings. The van der Waals surface area contributed by atoms with E-state index < -0.39 is 5.82 Å². The number of hydrogen-bond acceptors (Lipinski definition) is 5. The molecule has 7 nitrogen and oxygen atoms in total. The van der Waals surface area contributed by atoms with Crippen LogP contribution < -0.4 is 14.2 Å². The van der Waals surface area contributed by atoms with Crippen LogP contribution >= 0.6 is 0 Å². The number of carbonyl (C=O) groups is 1. The summed E-state index contributed by atoms with van der Waals surface area (Å²) in [6.45, 7) is 9.65. The van der Waals surface area contributed by atoms with E-state index in [4.69, 9.17) is 20.8 Å². The summed E-state index contributed by atoms with van der Waals surface area (Å²) >= 11 is 0. The molecule has 1 amide bonds. The smallest absolute Gasteiger partial charge is 0.260 e. The highest BCUT2D eigenvalue weighted by molar-refractivity contribution is 5.81. The van der Waals surface area contributed by atoms with Gasteiger partial charge in [0.05, 0.1) is 6.57 Å². The Morgan fingerprint density at radius 1 is 1.03 bits per heavy atom. The van der Waals surface area contributed by atoms with Gasteiger partial charge in [0.25, 0.3) is 5.91 Å². The van der Waals surface area contributed by atoms with E-state index in [9.17, 15) is 14.3 Å². The van der Waals surface area contributed by atoms with E-state index in [0.29, 0.717) is 54.8 Å². The molecule has 3 aromatic carbocycles. The third kappa shape index (κ3) is 5.83. The molecule has 1 N–H and O–H groups in total. The summed E-state index contributed by atoms with van der Waals surface area (Å²) in [6.07, 6.45) is 3.88. The van der Waals surface area contributed by atoms with Crippen molar-refractivity contribution in [3.05, 3.63) is 77.4 Å². The molecule has 0 radical (unpaired) electrons. The molecule has 0 aromatic heterocycles. The van der Waals surface area contributed by atoms with Crippen LogP contribution in [-0.4, -0.2) is 48.8 Å². The lowest BCUT2D eigenvalue weighted by molar-refractivity contribution is -0.134. The monoisotopic (exact) mass is 516 g/mol. The molecule has 1 saturated heterocycles.